The molecule has 0 saturated carbocycles. The number of rotatable bonds is 5. The zero-order chi connectivity index (χ0) is 41.5. The van der Waals surface area contributed by atoms with Gasteiger partial charge in [0.05, 0.1) is 22.1 Å². The molecule has 0 aliphatic rings. The molecule has 0 unspecified atom stereocenters. The third-order valence-corrected chi connectivity index (χ3v) is 12.0. The highest BCUT2D eigenvalue weighted by molar-refractivity contribution is 6.13. The van der Waals surface area contributed by atoms with E-state index in [2.05, 4.69) is 156 Å². The third-order valence-electron chi connectivity index (χ3n) is 12.0. The highest BCUT2D eigenvalue weighted by Crippen LogP contribution is 2.45. The van der Waals surface area contributed by atoms with Crippen molar-refractivity contribution in [3.05, 3.63) is 168 Å². The lowest BCUT2D eigenvalue weighted by molar-refractivity contribution is 0.477. The van der Waals surface area contributed by atoms with Gasteiger partial charge in [-0.15, -0.1) is 0 Å². The number of hydrogen-bond acceptors (Lipinski definition) is 4. The molecule has 0 radical (unpaired) electrons. The summed E-state index contributed by atoms with van der Waals surface area (Å²) >= 11 is 0. The minimum Gasteiger partial charge on any atom is -0.507 e. The highest BCUT2D eigenvalue weighted by Gasteiger charge is 2.25. The van der Waals surface area contributed by atoms with Crippen molar-refractivity contribution in [3.8, 4) is 56.2 Å². The number of phenols is 1. The van der Waals surface area contributed by atoms with Crippen molar-refractivity contribution in [3.63, 3.8) is 0 Å². The number of imidazole rings is 1. The second kappa shape index (κ2) is 13.8. The number of aromatic nitrogens is 3. The van der Waals surface area contributed by atoms with Gasteiger partial charge in [-0.25, -0.2) is 4.98 Å². The van der Waals surface area contributed by atoms with Gasteiger partial charge >= 0.3 is 0 Å². The number of aromatic hydroxyl groups is 1. The van der Waals surface area contributed by atoms with Crippen LogP contribution in [-0.4, -0.2) is 19.6 Å². The molecular formula is C55H47N3O2. The van der Waals surface area contributed by atoms with Crippen LogP contribution in [0.3, 0.4) is 0 Å². The molecule has 0 saturated heterocycles. The molecule has 3 aromatic heterocycles. The molecule has 7 aromatic carbocycles. The molecule has 294 valence electrons. The lowest BCUT2D eigenvalue weighted by Gasteiger charge is -2.22. The summed E-state index contributed by atoms with van der Waals surface area (Å²) in [6.45, 7) is 15.7. The van der Waals surface area contributed by atoms with Gasteiger partial charge in [-0.2, -0.15) is 0 Å². The largest absolute Gasteiger partial charge is 0.507 e. The fourth-order valence-corrected chi connectivity index (χ4v) is 8.66. The molecule has 0 spiro atoms. The van der Waals surface area contributed by atoms with E-state index in [0.717, 1.165) is 83.2 Å². The van der Waals surface area contributed by atoms with E-state index in [1.807, 2.05) is 42.6 Å². The molecule has 10 aromatic rings. The van der Waals surface area contributed by atoms with Gasteiger partial charge in [0.1, 0.15) is 22.7 Å². The van der Waals surface area contributed by atoms with Gasteiger partial charge in [0.2, 0.25) is 0 Å². The van der Waals surface area contributed by atoms with Crippen molar-refractivity contribution in [1.29, 1.82) is 0 Å². The normalized spacial score (nSPS) is 12.3. The van der Waals surface area contributed by atoms with Crippen molar-refractivity contribution >= 4 is 43.9 Å². The Bertz CT molecular complexity index is 3280. The summed E-state index contributed by atoms with van der Waals surface area (Å²) < 4.78 is 8.79. The Morgan fingerprint density at radius 3 is 2.03 bits per heavy atom. The molecule has 0 aliphatic carbocycles. The Balaban J connectivity index is 1.30. The standard InChI is InChI=1S/C55H47N3O2/c1-33-26-27-56-50-44(33)31-39(55(5,6)7)32-45(50)36-28-35(34-14-9-8-10-15-34)29-37(30-36)53-57-51-43(49-47(59)25-24-42-41-16-11-12-19-48(41)60-52(42)49)17-13-18-46(51)58(53)40-22-20-38(21-23-40)54(2,3)4/h8-32,59H,1-7H3. The highest BCUT2D eigenvalue weighted by atomic mass is 16.3. The molecule has 0 amide bonds. The van der Waals surface area contributed by atoms with Crippen molar-refractivity contribution in [2.45, 2.75) is 59.3 Å². The fourth-order valence-electron chi connectivity index (χ4n) is 8.66. The second-order valence-electron chi connectivity index (χ2n) is 18.1. The molecule has 0 fully saturated rings. The van der Waals surface area contributed by atoms with Crippen LogP contribution in [0.25, 0.3) is 94.3 Å². The second-order valence-corrected chi connectivity index (χ2v) is 18.1. The maximum atomic E-state index is 11.7. The quantitative estimate of drug-likeness (QED) is 0.189. The van der Waals surface area contributed by atoms with Gasteiger partial charge in [-0.1, -0.05) is 114 Å². The van der Waals surface area contributed by atoms with Gasteiger partial charge in [0.25, 0.3) is 0 Å². The van der Waals surface area contributed by atoms with E-state index in [0.29, 0.717) is 11.1 Å². The van der Waals surface area contributed by atoms with E-state index in [1.165, 1.54) is 16.7 Å². The molecule has 5 nitrogen and oxygen atoms in total. The maximum Gasteiger partial charge on any atom is 0.147 e. The Kier molecular flexibility index (Phi) is 8.59. The number of hydrogen-bond donors (Lipinski definition) is 1. The SMILES string of the molecule is Cc1ccnc2c(-c3cc(-c4ccccc4)cc(-c4nc5c(-c6c(O)ccc7c6oc6ccccc67)cccc5n4-c4ccc(C(C)(C)C)cc4)c3)cc(C(C)(C)C)cc12. The van der Waals surface area contributed by atoms with E-state index in [-0.39, 0.29) is 16.6 Å². The summed E-state index contributed by atoms with van der Waals surface area (Å²) in [6, 6.07) is 50.9. The molecule has 10 rings (SSSR count). The first-order chi connectivity index (χ1) is 28.8. The van der Waals surface area contributed by atoms with Crippen LogP contribution in [0.1, 0.15) is 58.2 Å². The van der Waals surface area contributed by atoms with E-state index in [4.69, 9.17) is 14.4 Å². The molecule has 60 heavy (non-hydrogen) atoms. The predicted octanol–water partition coefficient (Wildman–Crippen LogP) is 14.8. The molecule has 3 heterocycles. The van der Waals surface area contributed by atoms with Crippen LogP contribution in [0.2, 0.25) is 0 Å². The van der Waals surface area contributed by atoms with Crippen molar-refractivity contribution in [2.75, 3.05) is 0 Å². The lowest BCUT2D eigenvalue weighted by Crippen LogP contribution is -2.11. The fraction of sp³-hybridized carbons (Fsp3) is 0.164. The molecule has 0 atom stereocenters. The first kappa shape index (κ1) is 37.3. The maximum absolute atomic E-state index is 11.7. The van der Waals surface area contributed by atoms with E-state index in [9.17, 15) is 5.11 Å². The Morgan fingerprint density at radius 1 is 0.550 bits per heavy atom. The topological polar surface area (TPSA) is 64.1 Å². The summed E-state index contributed by atoms with van der Waals surface area (Å²) in [5.41, 5.74) is 15.4. The van der Waals surface area contributed by atoms with Crippen LogP contribution >= 0.6 is 0 Å². The van der Waals surface area contributed by atoms with E-state index in [1.54, 1.807) is 6.07 Å². The average molecular weight is 782 g/mol. The third kappa shape index (κ3) is 6.24. The van der Waals surface area contributed by atoms with Crippen LogP contribution in [-0.2, 0) is 10.8 Å². The summed E-state index contributed by atoms with van der Waals surface area (Å²) in [4.78, 5) is 10.6. The molecule has 1 N–H and O–H groups in total. The van der Waals surface area contributed by atoms with E-state index >= 15 is 0 Å². The first-order valence-corrected chi connectivity index (χ1v) is 20.7. The van der Waals surface area contributed by atoms with E-state index < -0.39 is 0 Å². The number of aryl methyl sites for hydroxylation is 1. The summed E-state index contributed by atoms with van der Waals surface area (Å²) in [5, 5.41) is 14.8. The minimum absolute atomic E-state index is 0.00992. The van der Waals surface area contributed by atoms with Gasteiger partial charge in [0, 0.05) is 44.7 Å². The number of fused-ring (bicyclic) bond motifs is 5. The van der Waals surface area contributed by atoms with Crippen LogP contribution < -0.4 is 0 Å². The Hall–Kier alpha value is -6.98. The number of benzene rings is 7. The van der Waals surface area contributed by atoms with Crippen LogP contribution in [0.15, 0.2) is 156 Å². The molecule has 0 bridgehead atoms. The number of furan rings is 1. The lowest BCUT2D eigenvalue weighted by atomic mass is 9.83. The van der Waals surface area contributed by atoms with Gasteiger partial charge in [-0.05, 0) is 124 Å². The summed E-state index contributed by atoms with van der Waals surface area (Å²) in [7, 11) is 0. The molecule has 0 aliphatic heterocycles. The molecular weight excluding hydrogens is 735 g/mol. The van der Waals surface area contributed by atoms with Gasteiger partial charge < -0.3 is 9.52 Å². The number of phenolic OH excluding ortho intramolecular Hbond substituents is 1. The summed E-state index contributed by atoms with van der Waals surface area (Å²) in [5.74, 6) is 0.929. The predicted molar refractivity (Wildman–Crippen MR) is 249 cm³/mol. The van der Waals surface area contributed by atoms with Crippen molar-refractivity contribution in [1.82, 2.24) is 14.5 Å². The minimum atomic E-state index is -0.0804. The Labute approximate surface area is 350 Å². The zero-order valence-electron chi connectivity index (χ0n) is 35.1. The van der Waals surface area contributed by atoms with Crippen LogP contribution in [0, 0.1) is 6.92 Å². The number of nitrogens with zero attached hydrogens (tertiary/aromatic N) is 3. The van der Waals surface area contributed by atoms with Crippen LogP contribution in [0.5, 0.6) is 5.75 Å². The monoisotopic (exact) mass is 781 g/mol. The Morgan fingerprint density at radius 2 is 1.27 bits per heavy atom. The smallest absolute Gasteiger partial charge is 0.147 e. The van der Waals surface area contributed by atoms with Gasteiger partial charge in [-0.3, -0.25) is 9.55 Å². The number of pyridine rings is 1. The average Bonchev–Trinajstić information content (AvgIpc) is 3.82. The van der Waals surface area contributed by atoms with Gasteiger partial charge in [0.15, 0.2) is 0 Å². The van der Waals surface area contributed by atoms with Crippen molar-refractivity contribution in [2.24, 2.45) is 0 Å². The number of para-hydroxylation sites is 2. The zero-order valence-corrected chi connectivity index (χ0v) is 35.1. The first-order valence-electron chi connectivity index (χ1n) is 20.7. The summed E-state index contributed by atoms with van der Waals surface area (Å²) in [6.07, 6.45) is 1.92. The van der Waals surface area contributed by atoms with Crippen LogP contribution in [0.4, 0.5) is 0 Å². The van der Waals surface area contributed by atoms with Crippen molar-refractivity contribution < 1.29 is 9.52 Å². The molecule has 5 heteroatoms.